The van der Waals surface area contributed by atoms with Gasteiger partial charge in [0, 0.05) is 56.7 Å². The number of thioether (sulfide) groups is 1. The number of nitrogens with one attached hydrogen (secondary N) is 2. The molecule has 2 aliphatic heterocycles. The molecule has 1 amide bonds. The molecule has 0 spiro atoms. The van der Waals surface area contributed by atoms with Crippen molar-refractivity contribution < 1.29 is 9.53 Å². The minimum Gasteiger partial charge on any atom is -0.379 e. The summed E-state index contributed by atoms with van der Waals surface area (Å²) in [6.07, 6.45) is 0.607. The van der Waals surface area contributed by atoms with Crippen LogP contribution >= 0.6 is 36.6 Å². The predicted octanol–water partition coefficient (Wildman–Crippen LogP) is 0.374. The first-order chi connectivity index (χ1) is 8.84. The van der Waals surface area contributed by atoms with Gasteiger partial charge in [-0.15, -0.1) is 24.8 Å². The zero-order chi connectivity index (χ0) is 12.6. The summed E-state index contributed by atoms with van der Waals surface area (Å²) >= 11 is 1.93. The molecule has 2 aliphatic rings. The van der Waals surface area contributed by atoms with Gasteiger partial charge in [0.2, 0.25) is 5.91 Å². The van der Waals surface area contributed by atoms with Gasteiger partial charge >= 0.3 is 0 Å². The van der Waals surface area contributed by atoms with E-state index >= 15 is 0 Å². The fourth-order valence-corrected chi connectivity index (χ4v) is 3.17. The first-order valence-electron chi connectivity index (χ1n) is 6.72. The Morgan fingerprint density at radius 1 is 1.35 bits per heavy atom. The molecular weight excluding hydrogens is 321 g/mol. The van der Waals surface area contributed by atoms with Crippen molar-refractivity contribution in [1.29, 1.82) is 0 Å². The molecule has 0 aromatic carbocycles. The maximum atomic E-state index is 11.7. The zero-order valence-corrected chi connectivity index (χ0v) is 14.1. The van der Waals surface area contributed by atoms with Crippen LogP contribution in [0.15, 0.2) is 0 Å². The number of carbonyl (C=O) groups is 1. The van der Waals surface area contributed by atoms with Gasteiger partial charge in [0.25, 0.3) is 0 Å². The first kappa shape index (κ1) is 20.3. The summed E-state index contributed by atoms with van der Waals surface area (Å²) in [7, 11) is 0. The monoisotopic (exact) mass is 345 g/mol. The Labute approximate surface area is 137 Å². The highest BCUT2D eigenvalue weighted by Crippen LogP contribution is 2.09. The molecule has 1 unspecified atom stereocenters. The number of hydrogen-bond donors (Lipinski definition) is 2. The molecule has 5 nitrogen and oxygen atoms in total. The van der Waals surface area contributed by atoms with E-state index < -0.39 is 0 Å². The molecule has 0 aliphatic carbocycles. The van der Waals surface area contributed by atoms with E-state index in [2.05, 4.69) is 15.5 Å². The van der Waals surface area contributed by atoms with Crippen LogP contribution in [0.2, 0.25) is 0 Å². The van der Waals surface area contributed by atoms with Gasteiger partial charge in [-0.25, -0.2) is 0 Å². The van der Waals surface area contributed by atoms with Crippen LogP contribution in [0.3, 0.4) is 0 Å². The summed E-state index contributed by atoms with van der Waals surface area (Å²) in [6.45, 7) is 6.30. The van der Waals surface area contributed by atoms with Crippen molar-refractivity contribution in [2.24, 2.45) is 0 Å². The highest BCUT2D eigenvalue weighted by molar-refractivity contribution is 7.99. The Bertz CT molecular complexity index is 263. The van der Waals surface area contributed by atoms with Crippen molar-refractivity contribution in [3.8, 4) is 0 Å². The lowest BCUT2D eigenvalue weighted by Gasteiger charge is -2.27. The highest BCUT2D eigenvalue weighted by atomic mass is 35.5. The van der Waals surface area contributed by atoms with E-state index in [0.717, 1.165) is 57.4 Å². The van der Waals surface area contributed by atoms with Gasteiger partial charge in [0.05, 0.1) is 13.2 Å². The average Bonchev–Trinajstić information content (AvgIpc) is 2.41. The molecule has 0 radical (unpaired) electrons. The Balaban J connectivity index is 0.00000180. The third-order valence-electron chi connectivity index (χ3n) is 3.28. The van der Waals surface area contributed by atoms with Crippen molar-refractivity contribution in [1.82, 2.24) is 15.5 Å². The Hall–Kier alpha value is 0.280. The fraction of sp³-hybridized carbons (Fsp3) is 0.917. The van der Waals surface area contributed by atoms with E-state index in [9.17, 15) is 4.79 Å². The van der Waals surface area contributed by atoms with Gasteiger partial charge in [0.1, 0.15) is 0 Å². The number of halogens is 2. The number of morpholine rings is 1. The summed E-state index contributed by atoms with van der Waals surface area (Å²) in [5.41, 5.74) is 0. The zero-order valence-electron chi connectivity index (χ0n) is 11.6. The van der Waals surface area contributed by atoms with Crippen molar-refractivity contribution >= 4 is 42.5 Å². The number of amides is 1. The van der Waals surface area contributed by atoms with Crippen molar-refractivity contribution in [3.05, 3.63) is 0 Å². The molecule has 2 saturated heterocycles. The van der Waals surface area contributed by atoms with Gasteiger partial charge in [-0.1, -0.05) is 0 Å². The van der Waals surface area contributed by atoms with E-state index in [1.807, 2.05) is 11.8 Å². The SMILES string of the molecule is Cl.Cl.O=C(CC1CSCCN1)NCCN1CCOCC1. The van der Waals surface area contributed by atoms with Crippen molar-refractivity contribution in [3.63, 3.8) is 0 Å². The van der Waals surface area contributed by atoms with Crippen LogP contribution in [-0.2, 0) is 9.53 Å². The lowest BCUT2D eigenvalue weighted by molar-refractivity contribution is -0.121. The second kappa shape index (κ2) is 11.9. The Morgan fingerprint density at radius 3 is 2.75 bits per heavy atom. The molecule has 0 bridgehead atoms. The molecule has 120 valence electrons. The maximum absolute atomic E-state index is 11.7. The molecule has 2 rings (SSSR count). The molecule has 0 aromatic heterocycles. The molecule has 1 atom stereocenters. The number of carbonyl (C=O) groups excluding carboxylic acids is 1. The quantitative estimate of drug-likeness (QED) is 0.754. The van der Waals surface area contributed by atoms with E-state index in [4.69, 9.17) is 4.74 Å². The number of nitrogens with zero attached hydrogens (tertiary/aromatic N) is 1. The third kappa shape index (κ3) is 7.90. The van der Waals surface area contributed by atoms with Crippen LogP contribution in [0.25, 0.3) is 0 Å². The molecule has 2 heterocycles. The van der Waals surface area contributed by atoms with Crippen molar-refractivity contribution in [2.45, 2.75) is 12.5 Å². The first-order valence-corrected chi connectivity index (χ1v) is 7.88. The molecule has 20 heavy (non-hydrogen) atoms. The third-order valence-corrected chi connectivity index (χ3v) is 4.42. The number of rotatable bonds is 5. The highest BCUT2D eigenvalue weighted by Gasteiger charge is 2.16. The van der Waals surface area contributed by atoms with Gasteiger partial charge in [-0.2, -0.15) is 11.8 Å². The lowest BCUT2D eigenvalue weighted by atomic mass is 10.2. The van der Waals surface area contributed by atoms with Crippen LogP contribution in [0.1, 0.15) is 6.42 Å². The van der Waals surface area contributed by atoms with Crippen LogP contribution in [0, 0.1) is 0 Å². The average molecular weight is 346 g/mol. The van der Waals surface area contributed by atoms with E-state index in [0.29, 0.717) is 12.5 Å². The standard InChI is InChI=1S/C12H23N3O2S.2ClH/c16-12(9-11-10-18-8-2-13-11)14-1-3-15-4-6-17-7-5-15;;/h11,13H,1-10H2,(H,14,16);2*1H. The van der Waals surface area contributed by atoms with Crippen LogP contribution in [0.5, 0.6) is 0 Å². The van der Waals surface area contributed by atoms with Crippen LogP contribution < -0.4 is 10.6 Å². The summed E-state index contributed by atoms with van der Waals surface area (Å²) in [5.74, 6) is 2.38. The fourth-order valence-electron chi connectivity index (χ4n) is 2.22. The molecule has 2 N–H and O–H groups in total. The molecular formula is C12H25Cl2N3O2S. The number of ether oxygens (including phenoxy) is 1. The van der Waals surface area contributed by atoms with Gasteiger partial charge in [0.15, 0.2) is 0 Å². The molecule has 0 saturated carbocycles. The second-order valence-electron chi connectivity index (χ2n) is 4.73. The largest absolute Gasteiger partial charge is 0.379 e. The van der Waals surface area contributed by atoms with Crippen LogP contribution in [-0.4, -0.2) is 74.3 Å². The predicted molar refractivity (Wildman–Crippen MR) is 88.5 cm³/mol. The van der Waals surface area contributed by atoms with E-state index in [1.54, 1.807) is 0 Å². The molecule has 8 heteroatoms. The van der Waals surface area contributed by atoms with Crippen molar-refractivity contribution in [2.75, 3.05) is 57.4 Å². The summed E-state index contributed by atoms with van der Waals surface area (Å²) < 4.78 is 5.29. The summed E-state index contributed by atoms with van der Waals surface area (Å²) in [5, 5.41) is 6.39. The Kier molecular flexibility index (Phi) is 12.1. The van der Waals surface area contributed by atoms with E-state index in [1.165, 1.54) is 0 Å². The van der Waals surface area contributed by atoms with E-state index in [-0.39, 0.29) is 30.7 Å². The number of hydrogen-bond acceptors (Lipinski definition) is 5. The van der Waals surface area contributed by atoms with Gasteiger partial charge < -0.3 is 15.4 Å². The summed E-state index contributed by atoms with van der Waals surface area (Å²) in [4.78, 5) is 14.1. The smallest absolute Gasteiger partial charge is 0.221 e. The van der Waals surface area contributed by atoms with Crippen LogP contribution in [0.4, 0.5) is 0 Å². The Morgan fingerprint density at radius 2 is 2.10 bits per heavy atom. The maximum Gasteiger partial charge on any atom is 0.221 e. The molecule has 0 aromatic rings. The topological polar surface area (TPSA) is 53.6 Å². The normalized spacial score (nSPS) is 23.3. The molecule has 2 fully saturated rings. The minimum absolute atomic E-state index is 0. The minimum atomic E-state index is 0. The second-order valence-corrected chi connectivity index (χ2v) is 5.88. The van der Waals surface area contributed by atoms with Gasteiger partial charge in [-0.3, -0.25) is 9.69 Å². The van der Waals surface area contributed by atoms with Gasteiger partial charge in [-0.05, 0) is 0 Å². The summed E-state index contributed by atoms with van der Waals surface area (Å²) in [6, 6.07) is 0.354. The lowest BCUT2D eigenvalue weighted by Crippen LogP contribution is -2.44.